The molecular formula is C25H25N3O4S. The summed E-state index contributed by atoms with van der Waals surface area (Å²) in [6.07, 6.45) is 3.93. The minimum absolute atomic E-state index is 0.230. The van der Waals surface area contributed by atoms with Gasteiger partial charge in [-0.1, -0.05) is 49.4 Å². The Hall–Kier alpha value is -3.52. The highest BCUT2D eigenvalue weighted by molar-refractivity contribution is 7.15. The molecule has 7 nitrogen and oxygen atoms in total. The van der Waals surface area contributed by atoms with E-state index in [4.69, 9.17) is 9.47 Å². The average Bonchev–Trinajstić information content (AvgIpc) is 3.12. The molecule has 2 heterocycles. The topological polar surface area (TPSA) is 82.8 Å². The van der Waals surface area contributed by atoms with Crippen LogP contribution in [0, 0.1) is 0 Å². The zero-order chi connectivity index (χ0) is 23.2. The molecule has 4 aromatic rings. The fraction of sp³-hybridized carbons (Fsp3) is 0.280. The van der Waals surface area contributed by atoms with E-state index in [0.29, 0.717) is 17.7 Å². The number of hydrogen-bond donors (Lipinski definition) is 0. The van der Waals surface area contributed by atoms with Gasteiger partial charge >= 0.3 is 0 Å². The van der Waals surface area contributed by atoms with Gasteiger partial charge in [0.25, 0.3) is 11.1 Å². The maximum atomic E-state index is 12.9. The summed E-state index contributed by atoms with van der Waals surface area (Å²) < 4.78 is 12.9. The Balaban J connectivity index is 1.60. The highest BCUT2D eigenvalue weighted by atomic mass is 32.1. The number of ether oxygens (including phenoxy) is 2. The summed E-state index contributed by atoms with van der Waals surface area (Å²) in [5.74, 6) is 1.57. The van der Waals surface area contributed by atoms with Crippen LogP contribution in [0.4, 0.5) is 0 Å². The Kier molecular flexibility index (Phi) is 7.14. The third-order valence-electron chi connectivity index (χ3n) is 4.87. The Bertz CT molecular complexity index is 1390. The predicted octanol–water partition coefficient (Wildman–Crippen LogP) is 3.23. The van der Waals surface area contributed by atoms with Crippen molar-refractivity contribution in [3.05, 3.63) is 90.6 Å². The van der Waals surface area contributed by atoms with Gasteiger partial charge in [-0.3, -0.25) is 9.59 Å². The molecule has 0 fully saturated rings. The zero-order valence-corrected chi connectivity index (χ0v) is 19.4. The van der Waals surface area contributed by atoms with Crippen LogP contribution >= 0.6 is 11.3 Å². The van der Waals surface area contributed by atoms with E-state index in [1.54, 1.807) is 6.08 Å². The molecular weight excluding hydrogens is 438 g/mol. The zero-order valence-electron chi connectivity index (χ0n) is 18.6. The van der Waals surface area contributed by atoms with Gasteiger partial charge in [0.1, 0.15) is 17.2 Å². The lowest BCUT2D eigenvalue weighted by Crippen LogP contribution is -2.28. The fourth-order valence-corrected chi connectivity index (χ4v) is 4.10. The summed E-state index contributed by atoms with van der Waals surface area (Å²) in [6, 6.07) is 15.0. The summed E-state index contributed by atoms with van der Waals surface area (Å²) in [7, 11) is 0. The first-order valence-corrected chi connectivity index (χ1v) is 11.8. The number of rotatable bonds is 9. The molecule has 0 aliphatic carbocycles. The van der Waals surface area contributed by atoms with Gasteiger partial charge in [-0.2, -0.15) is 14.6 Å². The Morgan fingerprint density at radius 2 is 1.52 bits per heavy atom. The molecule has 33 heavy (non-hydrogen) atoms. The smallest absolute Gasteiger partial charge is 0.296 e. The van der Waals surface area contributed by atoms with Gasteiger partial charge < -0.3 is 9.47 Å². The lowest BCUT2D eigenvalue weighted by molar-refractivity contribution is 0.317. The SMILES string of the molecule is CCCOc1ccc(C=c2sc3nc(=O)c(Cc4ccc(OCCC)cc4)nn3c2=O)cc1. The van der Waals surface area contributed by atoms with Crippen LogP contribution in [0.5, 0.6) is 11.5 Å². The molecule has 0 atom stereocenters. The lowest BCUT2D eigenvalue weighted by atomic mass is 10.1. The van der Waals surface area contributed by atoms with E-state index >= 15 is 0 Å². The first-order valence-electron chi connectivity index (χ1n) is 11.0. The quantitative estimate of drug-likeness (QED) is 0.379. The molecule has 0 saturated heterocycles. The molecule has 2 aromatic heterocycles. The molecule has 2 aromatic carbocycles. The van der Waals surface area contributed by atoms with Crippen LogP contribution in [0.3, 0.4) is 0 Å². The van der Waals surface area contributed by atoms with Crippen molar-refractivity contribution in [3.63, 3.8) is 0 Å². The van der Waals surface area contributed by atoms with E-state index in [0.717, 1.165) is 46.8 Å². The highest BCUT2D eigenvalue weighted by Gasteiger charge is 2.12. The average molecular weight is 464 g/mol. The number of nitrogens with zero attached hydrogens (tertiary/aromatic N) is 3. The maximum absolute atomic E-state index is 12.9. The number of hydrogen-bond acceptors (Lipinski definition) is 7. The molecule has 0 radical (unpaired) electrons. The van der Waals surface area contributed by atoms with Gasteiger partial charge in [0.15, 0.2) is 0 Å². The summed E-state index contributed by atoms with van der Waals surface area (Å²) in [5, 5.41) is 4.32. The van der Waals surface area contributed by atoms with Crippen molar-refractivity contribution in [1.29, 1.82) is 0 Å². The van der Waals surface area contributed by atoms with E-state index < -0.39 is 5.56 Å². The fourth-order valence-electron chi connectivity index (χ4n) is 3.20. The molecule has 8 heteroatoms. The van der Waals surface area contributed by atoms with Crippen molar-refractivity contribution in [2.24, 2.45) is 0 Å². The molecule has 0 bridgehead atoms. The highest BCUT2D eigenvalue weighted by Crippen LogP contribution is 2.15. The second-order valence-electron chi connectivity index (χ2n) is 7.56. The minimum Gasteiger partial charge on any atom is -0.494 e. The summed E-state index contributed by atoms with van der Waals surface area (Å²) in [5.41, 5.74) is 1.26. The monoisotopic (exact) mass is 463 g/mol. The second kappa shape index (κ2) is 10.4. The van der Waals surface area contributed by atoms with Crippen LogP contribution in [-0.2, 0) is 6.42 Å². The number of benzene rings is 2. The predicted molar refractivity (Wildman–Crippen MR) is 129 cm³/mol. The first-order chi connectivity index (χ1) is 16.1. The maximum Gasteiger partial charge on any atom is 0.296 e. The van der Waals surface area contributed by atoms with Gasteiger partial charge in [-0.15, -0.1) is 0 Å². The molecule has 0 aliphatic heterocycles. The number of fused-ring (bicyclic) bond motifs is 1. The van der Waals surface area contributed by atoms with Crippen LogP contribution in [-0.4, -0.2) is 27.8 Å². The van der Waals surface area contributed by atoms with E-state index in [9.17, 15) is 9.59 Å². The van der Waals surface area contributed by atoms with Crippen molar-refractivity contribution in [3.8, 4) is 11.5 Å². The number of aromatic nitrogens is 3. The Morgan fingerprint density at radius 3 is 2.12 bits per heavy atom. The van der Waals surface area contributed by atoms with Gasteiger partial charge in [0, 0.05) is 6.42 Å². The molecule has 0 N–H and O–H groups in total. The van der Waals surface area contributed by atoms with Crippen LogP contribution in [0.15, 0.2) is 58.1 Å². The number of thiazole rings is 1. The van der Waals surface area contributed by atoms with Crippen molar-refractivity contribution >= 4 is 22.4 Å². The van der Waals surface area contributed by atoms with Gasteiger partial charge in [0.05, 0.1) is 17.7 Å². The molecule has 4 rings (SSSR count). The molecule has 0 amide bonds. The summed E-state index contributed by atoms with van der Waals surface area (Å²) in [6.45, 7) is 5.42. The van der Waals surface area contributed by atoms with E-state index in [2.05, 4.69) is 17.0 Å². The summed E-state index contributed by atoms with van der Waals surface area (Å²) >= 11 is 1.15. The van der Waals surface area contributed by atoms with E-state index in [-0.39, 0.29) is 22.6 Å². The largest absolute Gasteiger partial charge is 0.494 e. The van der Waals surface area contributed by atoms with Crippen molar-refractivity contribution in [2.45, 2.75) is 33.1 Å². The van der Waals surface area contributed by atoms with E-state index in [1.165, 1.54) is 4.52 Å². The molecule has 0 saturated carbocycles. The molecule has 0 aliphatic rings. The molecule has 170 valence electrons. The van der Waals surface area contributed by atoms with Gasteiger partial charge in [0.2, 0.25) is 4.96 Å². The van der Waals surface area contributed by atoms with Gasteiger partial charge in [-0.05, 0) is 54.3 Å². The van der Waals surface area contributed by atoms with Crippen molar-refractivity contribution < 1.29 is 9.47 Å². The summed E-state index contributed by atoms with van der Waals surface area (Å²) in [4.78, 5) is 29.8. The van der Waals surface area contributed by atoms with Crippen LogP contribution in [0.1, 0.15) is 43.5 Å². The van der Waals surface area contributed by atoms with Gasteiger partial charge in [-0.25, -0.2) is 0 Å². The van der Waals surface area contributed by atoms with Crippen molar-refractivity contribution in [2.75, 3.05) is 13.2 Å². The third kappa shape index (κ3) is 5.46. The van der Waals surface area contributed by atoms with Crippen LogP contribution in [0.25, 0.3) is 11.0 Å². The lowest BCUT2D eigenvalue weighted by Gasteiger charge is -2.05. The Labute approximate surface area is 195 Å². The standard InChI is InChI=1S/C25H25N3O4S/c1-3-13-31-19-9-5-17(6-10-19)15-21-23(29)26-25-28(27-21)24(30)22(33-25)16-18-7-11-20(12-8-18)32-14-4-2/h5-12,16H,3-4,13-15H2,1-2H3. The normalized spacial score (nSPS) is 11.8. The molecule has 0 spiro atoms. The second-order valence-corrected chi connectivity index (χ2v) is 8.57. The van der Waals surface area contributed by atoms with E-state index in [1.807, 2.05) is 55.5 Å². The van der Waals surface area contributed by atoms with Crippen LogP contribution in [0.2, 0.25) is 0 Å². The Morgan fingerprint density at radius 1 is 0.909 bits per heavy atom. The molecule has 0 unspecified atom stereocenters. The van der Waals surface area contributed by atoms with Crippen LogP contribution < -0.4 is 25.1 Å². The third-order valence-corrected chi connectivity index (χ3v) is 5.83. The minimum atomic E-state index is -0.425. The van der Waals surface area contributed by atoms with Crippen molar-refractivity contribution in [1.82, 2.24) is 14.6 Å². The first kappa shape index (κ1) is 22.7.